The molecule has 1 unspecified atom stereocenters. The van der Waals surface area contributed by atoms with Crippen LogP contribution in [0.25, 0.3) is 0 Å². The summed E-state index contributed by atoms with van der Waals surface area (Å²) in [6.45, 7) is 22.3. The van der Waals surface area contributed by atoms with Gasteiger partial charge in [-0.05, 0) is 65.1 Å². The Hall–Kier alpha value is -2.41. The van der Waals surface area contributed by atoms with Gasteiger partial charge in [-0.15, -0.1) is 0 Å². The number of benzene rings is 3. The predicted molar refractivity (Wildman–Crippen MR) is 177 cm³/mol. The molecule has 0 radical (unpaired) electrons. The maximum absolute atomic E-state index is 7.39. The Morgan fingerprint density at radius 1 is 0.641 bits per heavy atom. The molecule has 0 saturated heterocycles. The van der Waals surface area contributed by atoms with Gasteiger partial charge in [0.25, 0.3) is 0 Å². The van der Waals surface area contributed by atoms with E-state index in [0.717, 1.165) is 27.7 Å². The van der Waals surface area contributed by atoms with Crippen molar-refractivity contribution in [3.63, 3.8) is 0 Å². The van der Waals surface area contributed by atoms with Crippen LogP contribution in [0, 0.1) is 0 Å². The Balaban J connectivity index is 2.28. The van der Waals surface area contributed by atoms with Crippen LogP contribution in [0.15, 0.2) is 82.7 Å². The molecule has 0 aromatic heterocycles. The zero-order chi connectivity index (χ0) is 28.9. The average Bonchev–Trinajstić information content (AvgIpc) is 2.88. The molecule has 0 heterocycles. The topological polar surface area (TPSA) is 24.4 Å². The normalized spacial score (nSPS) is 13.9. The van der Waals surface area contributed by atoms with Gasteiger partial charge in [0, 0.05) is 22.4 Å². The van der Waals surface area contributed by atoms with Gasteiger partial charge < -0.3 is 5.32 Å². The minimum absolute atomic E-state index is 0.375. The van der Waals surface area contributed by atoms with E-state index in [2.05, 4.69) is 135 Å². The zero-order valence-electron chi connectivity index (χ0n) is 25.4. The van der Waals surface area contributed by atoms with Gasteiger partial charge in [-0.3, -0.25) is 4.99 Å². The highest BCUT2D eigenvalue weighted by Gasteiger charge is 2.23. The smallest absolute Gasteiger partial charge is 0.0702 e. The highest BCUT2D eigenvalue weighted by molar-refractivity contribution is 7.94. The van der Waals surface area contributed by atoms with Crippen molar-refractivity contribution < 1.29 is 0 Å². The molecule has 0 bridgehead atoms. The van der Waals surface area contributed by atoms with Crippen LogP contribution in [0.3, 0.4) is 0 Å². The molecular formula is C35H46ClN2P. The number of hydrogen-bond donors (Lipinski definition) is 1. The maximum atomic E-state index is 7.39. The van der Waals surface area contributed by atoms with Crippen LogP contribution < -0.4 is 10.6 Å². The van der Waals surface area contributed by atoms with Crippen molar-refractivity contribution in [1.82, 2.24) is 0 Å². The van der Waals surface area contributed by atoms with Crippen molar-refractivity contribution in [3.8, 4) is 0 Å². The third-order valence-electron chi connectivity index (χ3n) is 7.18. The first-order valence-corrected chi connectivity index (χ1v) is 16.5. The van der Waals surface area contributed by atoms with Crippen molar-refractivity contribution in [1.29, 1.82) is 0 Å². The first-order valence-electron chi connectivity index (χ1n) is 14.2. The van der Waals surface area contributed by atoms with Crippen molar-refractivity contribution in [2.24, 2.45) is 4.99 Å². The molecule has 0 spiro atoms. The summed E-state index contributed by atoms with van der Waals surface area (Å²) in [5.41, 5.74) is 9.50. The second-order valence-electron chi connectivity index (χ2n) is 11.6. The van der Waals surface area contributed by atoms with Crippen LogP contribution in [0.1, 0.15) is 115 Å². The van der Waals surface area contributed by atoms with Crippen LogP contribution in [-0.2, 0) is 0 Å². The molecule has 0 fully saturated rings. The SMILES string of the molecule is CC(=Nc1c(C(C)C)cccc1C(C)C)/C(=C(/C)Nc1c(C(C)C)cccc1C(C)C)P(Cl)c1ccccc1. The summed E-state index contributed by atoms with van der Waals surface area (Å²) >= 11 is 7.39. The number of nitrogens with zero attached hydrogens (tertiary/aromatic N) is 1. The summed E-state index contributed by atoms with van der Waals surface area (Å²) in [5, 5.41) is 6.07. The number of nitrogens with one attached hydrogen (secondary N) is 1. The Bertz CT molecular complexity index is 1270. The standard InChI is InChI=1S/C35H46ClN2P/c1-22(2)29-18-14-19-30(23(3)4)33(29)37-26(9)35(39(36)28-16-12-11-13-17-28)27(10)38-34-31(24(5)6)20-15-21-32(34)25(7)8/h11-25,37H,1-10H3/b35-26+,38-27?. The summed E-state index contributed by atoms with van der Waals surface area (Å²) in [4.78, 5) is 5.38. The van der Waals surface area contributed by atoms with Crippen LogP contribution in [0.2, 0.25) is 0 Å². The highest BCUT2D eigenvalue weighted by atomic mass is 35.7. The Kier molecular flexibility index (Phi) is 11.0. The summed E-state index contributed by atoms with van der Waals surface area (Å²) in [6, 6.07) is 23.7. The predicted octanol–water partition coefficient (Wildman–Crippen LogP) is 11.6. The van der Waals surface area contributed by atoms with Crippen molar-refractivity contribution >= 4 is 40.9 Å². The van der Waals surface area contributed by atoms with Gasteiger partial charge in [-0.25, -0.2) is 0 Å². The maximum Gasteiger partial charge on any atom is 0.0702 e. The second-order valence-corrected chi connectivity index (χ2v) is 14.2. The van der Waals surface area contributed by atoms with Gasteiger partial charge in [-0.2, -0.15) is 0 Å². The van der Waals surface area contributed by atoms with E-state index in [9.17, 15) is 0 Å². The van der Waals surface area contributed by atoms with E-state index < -0.39 is 7.27 Å². The number of halogens is 1. The lowest BCUT2D eigenvalue weighted by molar-refractivity contribution is 0.834. The fraction of sp³-hybridized carbons (Fsp3) is 0.400. The molecule has 39 heavy (non-hydrogen) atoms. The molecule has 208 valence electrons. The van der Waals surface area contributed by atoms with E-state index in [4.69, 9.17) is 16.2 Å². The van der Waals surface area contributed by atoms with Gasteiger partial charge in [-0.1, -0.05) is 133 Å². The summed E-state index contributed by atoms with van der Waals surface area (Å²) in [6.07, 6.45) is 0. The highest BCUT2D eigenvalue weighted by Crippen LogP contribution is 2.51. The molecular weight excluding hydrogens is 515 g/mol. The Labute approximate surface area is 243 Å². The molecule has 0 aliphatic carbocycles. The molecule has 0 aliphatic heterocycles. The number of para-hydroxylation sites is 2. The summed E-state index contributed by atoms with van der Waals surface area (Å²) in [7, 11) is -1.15. The first-order chi connectivity index (χ1) is 18.4. The van der Waals surface area contributed by atoms with Gasteiger partial charge in [0.05, 0.1) is 13.0 Å². The third kappa shape index (κ3) is 7.41. The molecule has 4 heteroatoms. The van der Waals surface area contributed by atoms with Crippen LogP contribution in [-0.4, -0.2) is 5.71 Å². The van der Waals surface area contributed by atoms with E-state index in [1.54, 1.807) is 0 Å². The first kappa shape index (κ1) is 31.1. The van der Waals surface area contributed by atoms with Crippen LogP contribution in [0.5, 0.6) is 0 Å². The van der Waals surface area contributed by atoms with Gasteiger partial charge in [0.15, 0.2) is 0 Å². The molecule has 2 nitrogen and oxygen atoms in total. The lowest BCUT2D eigenvalue weighted by atomic mass is 9.92. The number of allylic oxidation sites excluding steroid dienone is 2. The molecule has 0 saturated carbocycles. The van der Waals surface area contributed by atoms with Crippen molar-refractivity contribution in [2.75, 3.05) is 5.32 Å². The van der Waals surface area contributed by atoms with E-state index in [-0.39, 0.29) is 0 Å². The fourth-order valence-corrected chi connectivity index (χ4v) is 7.51. The lowest BCUT2D eigenvalue weighted by Gasteiger charge is -2.25. The van der Waals surface area contributed by atoms with Crippen molar-refractivity contribution in [3.05, 3.63) is 100.0 Å². The molecule has 1 N–H and O–H groups in total. The van der Waals surface area contributed by atoms with Crippen molar-refractivity contribution in [2.45, 2.75) is 92.9 Å². The minimum Gasteiger partial charge on any atom is -0.358 e. The third-order valence-corrected chi connectivity index (χ3v) is 10.1. The Morgan fingerprint density at radius 3 is 1.51 bits per heavy atom. The largest absolute Gasteiger partial charge is 0.358 e. The summed E-state index contributed by atoms with van der Waals surface area (Å²) < 4.78 is 0. The van der Waals surface area contributed by atoms with Gasteiger partial charge in [0.1, 0.15) is 0 Å². The van der Waals surface area contributed by atoms with Crippen LogP contribution >= 0.6 is 18.5 Å². The zero-order valence-corrected chi connectivity index (χ0v) is 27.1. The minimum atomic E-state index is -1.15. The summed E-state index contributed by atoms with van der Waals surface area (Å²) in [5.74, 6) is 1.55. The van der Waals surface area contributed by atoms with E-state index >= 15 is 0 Å². The molecule has 0 amide bonds. The van der Waals surface area contributed by atoms with E-state index in [1.165, 1.54) is 27.9 Å². The van der Waals surface area contributed by atoms with Gasteiger partial charge >= 0.3 is 0 Å². The molecule has 3 aromatic rings. The Morgan fingerprint density at radius 2 is 1.08 bits per heavy atom. The number of anilines is 1. The monoisotopic (exact) mass is 560 g/mol. The fourth-order valence-electron chi connectivity index (χ4n) is 5.05. The van der Waals surface area contributed by atoms with E-state index in [0.29, 0.717) is 23.7 Å². The van der Waals surface area contributed by atoms with Gasteiger partial charge in [0.2, 0.25) is 0 Å². The van der Waals surface area contributed by atoms with Crippen LogP contribution in [0.4, 0.5) is 11.4 Å². The molecule has 1 atom stereocenters. The number of hydrogen-bond acceptors (Lipinski definition) is 2. The van der Waals surface area contributed by atoms with E-state index in [1.807, 2.05) is 6.07 Å². The average molecular weight is 561 g/mol. The number of aliphatic imine (C=N–C) groups is 1. The lowest BCUT2D eigenvalue weighted by Crippen LogP contribution is -2.12. The molecule has 3 aromatic carbocycles. The second kappa shape index (κ2) is 13.8. The number of rotatable bonds is 10. The quantitative estimate of drug-likeness (QED) is 0.193. The molecule has 3 rings (SSSR count). The molecule has 0 aliphatic rings.